The lowest BCUT2D eigenvalue weighted by Gasteiger charge is -2.24. The molecular formula is C21H22ClN3O3. The number of aryl methyl sites for hydroxylation is 1. The Morgan fingerprint density at radius 2 is 1.89 bits per heavy atom. The Hall–Kier alpha value is -2.86. The summed E-state index contributed by atoms with van der Waals surface area (Å²) in [6, 6.07) is 14.9. The molecule has 3 rings (SSSR count). The van der Waals surface area contributed by atoms with Crippen LogP contribution in [0.5, 0.6) is 0 Å². The maximum atomic E-state index is 13.0. The molecule has 28 heavy (non-hydrogen) atoms. The second-order valence-corrected chi connectivity index (χ2v) is 7.54. The van der Waals surface area contributed by atoms with Crippen LogP contribution in [0.1, 0.15) is 25.8 Å². The van der Waals surface area contributed by atoms with Gasteiger partial charge in [-0.05, 0) is 50.5 Å². The summed E-state index contributed by atoms with van der Waals surface area (Å²) in [5, 5.41) is 5.91. The van der Waals surface area contributed by atoms with Crippen molar-refractivity contribution in [2.75, 3.05) is 5.32 Å². The molecule has 0 aromatic heterocycles. The minimum absolute atomic E-state index is 0.401. The number of benzene rings is 2. The molecule has 2 aromatic rings. The summed E-state index contributed by atoms with van der Waals surface area (Å²) in [5.74, 6) is -0.861. The van der Waals surface area contributed by atoms with Gasteiger partial charge in [0.2, 0.25) is 5.91 Å². The van der Waals surface area contributed by atoms with Crippen LogP contribution in [0, 0.1) is 0 Å². The molecule has 1 aliphatic rings. The molecule has 0 radical (unpaired) electrons. The van der Waals surface area contributed by atoms with Gasteiger partial charge in [-0.3, -0.25) is 9.59 Å². The average molecular weight is 400 g/mol. The fourth-order valence-electron chi connectivity index (χ4n) is 3.20. The number of hydrogen-bond donors (Lipinski definition) is 2. The summed E-state index contributed by atoms with van der Waals surface area (Å²) in [6.45, 7) is 3.22. The van der Waals surface area contributed by atoms with Crippen molar-refractivity contribution in [3.8, 4) is 0 Å². The van der Waals surface area contributed by atoms with Crippen molar-refractivity contribution in [3.05, 3.63) is 65.2 Å². The number of imide groups is 1. The Morgan fingerprint density at radius 1 is 1.18 bits per heavy atom. The van der Waals surface area contributed by atoms with Crippen molar-refractivity contribution < 1.29 is 14.4 Å². The van der Waals surface area contributed by atoms with Crippen molar-refractivity contribution in [3.63, 3.8) is 0 Å². The summed E-state index contributed by atoms with van der Waals surface area (Å²) < 4.78 is 0. The van der Waals surface area contributed by atoms with E-state index in [0.29, 0.717) is 23.6 Å². The molecular weight excluding hydrogens is 378 g/mol. The van der Waals surface area contributed by atoms with Gasteiger partial charge in [-0.15, -0.1) is 0 Å². The van der Waals surface area contributed by atoms with E-state index in [-0.39, 0.29) is 0 Å². The van der Waals surface area contributed by atoms with E-state index < -0.39 is 29.4 Å². The van der Waals surface area contributed by atoms with E-state index >= 15 is 0 Å². The minimum Gasteiger partial charge on any atom is -0.324 e. The molecule has 4 amide bonds. The lowest BCUT2D eigenvalue weighted by Crippen LogP contribution is -2.48. The molecule has 2 N–H and O–H groups in total. The molecule has 146 valence electrons. The summed E-state index contributed by atoms with van der Waals surface area (Å²) >= 11 is 5.92. The number of hydrogen-bond acceptors (Lipinski definition) is 3. The zero-order chi connectivity index (χ0) is 20.3. The average Bonchev–Trinajstić information content (AvgIpc) is 2.89. The number of amides is 4. The fraction of sp³-hybridized carbons (Fsp3) is 0.286. The van der Waals surface area contributed by atoms with Crippen molar-refractivity contribution in [1.82, 2.24) is 10.2 Å². The Labute approximate surface area is 168 Å². The third kappa shape index (κ3) is 4.17. The maximum absolute atomic E-state index is 13.0. The summed E-state index contributed by atoms with van der Waals surface area (Å²) in [4.78, 5) is 39.0. The van der Waals surface area contributed by atoms with Crippen molar-refractivity contribution in [2.24, 2.45) is 0 Å². The normalized spacial score (nSPS) is 20.0. The molecule has 2 aromatic carbocycles. The molecule has 1 fully saturated rings. The van der Waals surface area contributed by atoms with Gasteiger partial charge in [0.1, 0.15) is 11.6 Å². The van der Waals surface area contributed by atoms with Gasteiger partial charge in [-0.25, -0.2) is 9.69 Å². The number of rotatable bonds is 6. The first-order valence-electron chi connectivity index (χ1n) is 9.06. The molecule has 2 atom stereocenters. The van der Waals surface area contributed by atoms with Gasteiger partial charge in [0.25, 0.3) is 5.91 Å². The van der Waals surface area contributed by atoms with Crippen molar-refractivity contribution in [1.29, 1.82) is 0 Å². The first kappa shape index (κ1) is 19.9. The number of urea groups is 1. The van der Waals surface area contributed by atoms with E-state index in [0.717, 1.165) is 10.5 Å². The molecule has 0 unspecified atom stereocenters. The first-order chi connectivity index (χ1) is 13.3. The topological polar surface area (TPSA) is 78.5 Å². The molecule has 0 bridgehead atoms. The van der Waals surface area contributed by atoms with E-state index in [2.05, 4.69) is 10.6 Å². The molecule has 0 spiro atoms. The predicted octanol–water partition coefficient (Wildman–Crippen LogP) is 3.61. The van der Waals surface area contributed by atoms with E-state index in [9.17, 15) is 14.4 Å². The largest absolute Gasteiger partial charge is 0.325 e. The molecule has 6 nitrogen and oxygen atoms in total. The van der Waals surface area contributed by atoms with Crippen LogP contribution in [-0.4, -0.2) is 34.3 Å². The zero-order valence-corrected chi connectivity index (χ0v) is 16.5. The van der Waals surface area contributed by atoms with Gasteiger partial charge in [0, 0.05) is 10.7 Å². The lowest BCUT2D eigenvalue weighted by molar-refractivity contribution is -0.136. The van der Waals surface area contributed by atoms with E-state index in [1.807, 2.05) is 30.3 Å². The van der Waals surface area contributed by atoms with Crippen LogP contribution in [0.15, 0.2) is 54.6 Å². The maximum Gasteiger partial charge on any atom is 0.325 e. The highest BCUT2D eigenvalue weighted by atomic mass is 35.5. The number of nitrogens with zero attached hydrogens (tertiary/aromatic N) is 1. The number of anilines is 1. The first-order valence-corrected chi connectivity index (χ1v) is 9.44. The molecule has 1 heterocycles. The molecule has 7 heteroatoms. The summed E-state index contributed by atoms with van der Waals surface area (Å²) in [7, 11) is 0. The van der Waals surface area contributed by atoms with Crippen LogP contribution in [-0.2, 0) is 16.0 Å². The van der Waals surface area contributed by atoms with Gasteiger partial charge >= 0.3 is 6.03 Å². The third-order valence-electron chi connectivity index (χ3n) is 4.91. The highest BCUT2D eigenvalue weighted by molar-refractivity contribution is 6.30. The predicted molar refractivity (Wildman–Crippen MR) is 108 cm³/mol. The second kappa shape index (κ2) is 8.02. The van der Waals surface area contributed by atoms with E-state index in [1.165, 1.54) is 6.92 Å². The monoisotopic (exact) mass is 399 g/mol. The minimum atomic E-state index is -1.04. The number of carbonyl (C=O) groups is 3. The summed E-state index contributed by atoms with van der Waals surface area (Å²) in [6.07, 6.45) is 1.08. The van der Waals surface area contributed by atoms with Gasteiger partial charge < -0.3 is 10.6 Å². The zero-order valence-electron chi connectivity index (χ0n) is 15.7. The number of nitrogens with one attached hydrogen (secondary N) is 2. The van der Waals surface area contributed by atoms with Crippen LogP contribution in [0.25, 0.3) is 0 Å². The lowest BCUT2D eigenvalue weighted by atomic mass is 9.93. The van der Waals surface area contributed by atoms with Crippen LogP contribution in [0.3, 0.4) is 0 Å². The number of carbonyl (C=O) groups excluding carboxylic acids is 3. The van der Waals surface area contributed by atoms with Gasteiger partial charge in [0.15, 0.2) is 0 Å². The Morgan fingerprint density at radius 3 is 2.57 bits per heavy atom. The van der Waals surface area contributed by atoms with Crippen LogP contribution < -0.4 is 10.6 Å². The SMILES string of the molecule is C[C@@H](C(=O)Nc1cccc(Cl)c1)N1C(=O)N[C@@](C)(CCc2ccccc2)C1=O. The molecule has 1 saturated heterocycles. The Kier molecular flexibility index (Phi) is 5.70. The van der Waals surface area contributed by atoms with Gasteiger partial charge in [0.05, 0.1) is 0 Å². The second-order valence-electron chi connectivity index (χ2n) is 7.10. The highest BCUT2D eigenvalue weighted by Crippen LogP contribution is 2.25. The van der Waals surface area contributed by atoms with Gasteiger partial charge in [-0.1, -0.05) is 48.0 Å². The van der Waals surface area contributed by atoms with Crippen LogP contribution in [0.2, 0.25) is 5.02 Å². The third-order valence-corrected chi connectivity index (χ3v) is 5.14. The van der Waals surface area contributed by atoms with Crippen LogP contribution >= 0.6 is 11.6 Å². The van der Waals surface area contributed by atoms with Gasteiger partial charge in [-0.2, -0.15) is 0 Å². The van der Waals surface area contributed by atoms with Crippen molar-refractivity contribution >= 4 is 35.1 Å². The van der Waals surface area contributed by atoms with E-state index in [4.69, 9.17) is 11.6 Å². The van der Waals surface area contributed by atoms with Crippen molar-refractivity contribution in [2.45, 2.75) is 38.3 Å². The quantitative estimate of drug-likeness (QED) is 0.728. The number of halogens is 1. The molecule has 0 aliphatic carbocycles. The molecule has 1 aliphatic heterocycles. The van der Waals surface area contributed by atoms with E-state index in [1.54, 1.807) is 31.2 Å². The smallest absolute Gasteiger partial charge is 0.324 e. The Bertz CT molecular complexity index is 903. The highest BCUT2D eigenvalue weighted by Gasteiger charge is 2.50. The fourth-order valence-corrected chi connectivity index (χ4v) is 3.39. The van der Waals surface area contributed by atoms with Crippen LogP contribution in [0.4, 0.5) is 10.5 Å². The standard InChI is InChI=1S/C21H22ClN3O3/c1-14(18(26)23-17-10-6-9-16(22)13-17)25-19(27)21(2,24-20(25)28)12-11-15-7-4-3-5-8-15/h3-10,13-14H,11-12H2,1-2H3,(H,23,26)(H,24,28)/t14-,21-/m0/s1. The molecule has 0 saturated carbocycles. The Balaban J connectivity index is 1.68. The summed E-state index contributed by atoms with van der Waals surface area (Å²) in [5.41, 5.74) is 0.538.